The van der Waals surface area contributed by atoms with Crippen LogP contribution in [0.5, 0.6) is 0 Å². The molecule has 0 spiro atoms. The highest BCUT2D eigenvalue weighted by Gasteiger charge is 2.13. The van der Waals surface area contributed by atoms with Crippen LogP contribution in [0.3, 0.4) is 0 Å². The van der Waals surface area contributed by atoms with Gasteiger partial charge in [0.2, 0.25) is 5.95 Å². The molecule has 1 aliphatic carbocycles. The van der Waals surface area contributed by atoms with E-state index in [1.165, 1.54) is 37.7 Å². The molecule has 4 nitrogen and oxygen atoms in total. The highest BCUT2D eigenvalue weighted by atomic mass is 35.5. The topological polar surface area (TPSA) is 52.7 Å². The maximum Gasteiger partial charge on any atom is 0.205 e. The number of nitrogens with one attached hydrogen (secondary N) is 3. The molecule has 1 saturated carbocycles. The van der Waals surface area contributed by atoms with Crippen LogP contribution in [0.4, 0.5) is 11.6 Å². The molecule has 0 amide bonds. The number of nitrogens with zero attached hydrogens (tertiary/aromatic N) is 1. The Morgan fingerprint density at radius 1 is 1.04 bits per heavy atom. The van der Waals surface area contributed by atoms with Gasteiger partial charge in [0, 0.05) is 6.54 Å². The van der Waals surface area contributed by atoms with Crippen molar-refractivity contribution in [2.45, 2.75) is 38.6 Å². The van der Waals surface area contributed by atoms with Crippen LogP contribution >= 0.6 is 23.2 Å². The highest BCUT2D eigenvalue weighted by Crippen LogP contribution is 2.32. The minimum absolute atomic E-state index is 0.565. The fraction of sp³-hybridized carbons (Fsp3) is 0.381. The normalized spacial score (nSPS) is 15.3. The fourth-order valence-electron chi connectivity index (χ4n) is 3.77. The molecule has 27 heavy (non-hydrogen) atoms. The lowest BCUT2D eigenvalue weighted by Crippen LogP contribution is -2.24. The number of imidazole rings is 1. The van der Waals surface area contributed by atoms with Crippen molar-refractivity contribution in [1.82, 2.24) is 15.3 Å². The number of hydrogen-bond acceptors (Lipinski definition) is 3. The number of anilines is 2. The summed E-state index contributed by atoms with van der Waals surface area (Å²) in [5.41, 5.74) is 3.83. The van der Waals surface area contributed by atoms with Crippen LogP contribution in [0, 0.1) is 5.92 Å². The van der Waals surface area contributed by atoms with Gasteiger partial charge in [-0.05, 0) is 55.1 Å². The van der Waals surface area contributed by atoms with Gasteiger partial charge in [-0.25, -0.2) is 4.98 Å². The average Bonchev–Trinajstić information content (AvgIpc) is 3.07. The van der Waals surface area contributed by atoms with Crippen molar-refractivity contribution >= 4 is 45.9 Å². The lowest BCUT2D eigenvalue weighted by Gasteiger charge is -2.21. The summed E-state index contributed by atoms with van der Waals surface area (Å²) in [4.78, 5) is 7.89. The van der Waals surface area contributed by atoms with Crippen molar-refractivity contribution in [3.8, 4) is 0 Å². The van der Waals surface area contributed by atoms with Gasteiger partial charge >= 0.3 is 0 Å². The Bertz CT molecular complexity index is 895. The molecule has 1 fully saturated rings. The number of aromatic nitrogens is 2. The van der Waals surface area contributed by atoms with Gasteiger partial charge in [0.25, 0.3) is 0 Å². The van der Waals surface area contributed by atoms with Gasteiger partial charge in [-0.2, -0.15) is 0 Å². The first-order chi connectivity index (χ1) is 13.2. The maximum atomic E-state index is 6.23. The van der Waals surface area contributed by atoms with E-state index in [1.807, 2.05) is 12.1 Å². The van der Waals surface area contributed by atoms with E-state index in [4.69, 9.17) is 23.2 Å². The van der Waals surface area contributed by atoms with Crippen LogP contribution < -0.4 is 10.6 Å². The van der Waals surface area contributed by atoms with E-state index >= 15 is 0 Å². The van der Waals surface area contributed by atoms with Gasteiger partial charge in [0.15, 0.2) is 0 Å². The van der Waals surface area contributed by atoms with Gasteiger partial charge in [-0.3, -0.25) is 0 Å². The molecule has 2 aromatic carbocycles. The lowest BCUT2D eigenvalue weighted by atomic mass is 9.89. The summed E-state index contributed by atoms with van der Waals surface area (Å²) < 4.78 is 0. The fourth-order valence-corrected chi connectivity index (χ4v) is 4.27. The Labute approximate surface area is 169 Å². The van der Waals surface area contributed by atoms with Crippen molar-refractivity contribution in [3.63, 3.8) is 0 Å². The van der Waals surface area contributed by atoms with Gasteiger partial charge < -0.3 is 15.6 Å². The first-order valence-electron chi connectivity index (χ1n) is 9.59. The summed E-state index contributed by atoms with van der Waals surface area (Å²) in [5.74, 6) is 1.47. The van der Waals surface area contributed by atoms with Crippen LogP contribution in [0.15, 0.2) is 36.4 Å². The predicted molar refractivity (Wildman–Crippen MR) is 114 cm³/mol. The second-order valence-electron chi connectivity index (χ2n) is 7.29. The number of hydrogen-bond donors (Lipinski definition) is 3. The second-order valence-corrected chi connectivity index (χ2v) is 8.11. The summed E-state index contributed by atoms with van der Waals surface area (Å²) in [6, 6.07) is 11.7. The molecule has 0 aliphatic heterocycles. The molecule has 0 saturated heterocycles. The zero-order chi connectivity index (χ0) is 18.6. The number of H-pyrrole nitrogens is 1. The zero-order valence-electron chi connectivity index (χ0n) is 15.2. The molecule has 142 valence electrons. The third kappa shape index (κ3) is 4.57. The van der Waals surface area contributed by atoms with Crippen molar-refractivity contribution in [2.75, 3.05) is 11.9 Å². The minimum atomic E-state index is 0.565. The molecule has 0 atom stereocenters. The Morgan fingerprint density at radius 3 is 2.59 bits per heavy atom. The second kappa shape index (κ2) is 8.51. The van der Waals surface area contributed by atoms with Gasteiger partial charge in [0.1, 0.15) is 0 Å². The SMILES string of the molecule is Clc1cccc(Cl)c1Nc1nc2ccc(CNCC3CCCCC3)cc2[nH]1. The number of halogens is 2. The maximum absolute atomic E-state index is 6.23. The average molecular weight is 403 g/mol. The largest absolute Gasteiger partial charge is 0.324 e. The first-order valence-corrected chi connectivity index (χ1v) is 10.3. The van der Waals surface area contributed by atoms with Crippen LogP contribution in [0.1, 0.15) is 37.7 Å². The Hall–Kier alpha value is -1.75. The molecule has 6 heteroatoms. The molecule has 0 bridgehead atoms. The molecule has 3 N–H and O–H groups in total. The number of para-hydroxylation sites is 1. The molecule has 0 unspecified atom stereocenters. The Balaban J connectivity index is 1.42. The summed E-state index contributed by atoms with van der Waals surface area (Å²) >= 11 is 12.5. The van der Waals surface area contributed by atoms with Crippen LogP contribution in [0.2, 0.25) is 10.0 Å². The molecule has 0 radical (unpaired) electrons. The quantitative estimate of drug-likeness (QED) is 0.454. The molecular weight excluding hydrogens is 379 g/mol. The smallest absolute Gasteiger partial charge is 0.205 e. The van der Waals surface area contributed by atoms with Gasteiger partial charge in [0.05, 0.1) is 26.8 Å². The minimum Gasteiger partial charge on any atom is -0.324 e. The standard InChI is InChI=1S/C21H24Cl2N4/c22-16-7-4-8-17(23)20(16)27-21-25-18-10-9-15(11-19(18)26-21)13-24-12-14-5-2-1-3-6-14/h4,7-11,14,24H,1-3,5-6,12-13H2,(H2,25,26,27). The van der Waals surface area contributed by atoms with Gasteiger partial charge in [-0.15, -0.1) is 0 Å². The van der Waals surface area contributed by atoms with Crippen molar-refractivity contribution in [3.05, 3.63) is 52.0 Å². The van der Waals surface area contributed by atoms with E-state index in [0.717, 1.165) is 30.0 Å². The Morgan fingerprint density at radius 2 is 1.81 bits per heavy atom. The molecule has 4 rings (SSSR count). The third-order valence-corrected chi connectivity index (χ3v) is 5.87. The van der Waals surface area contributed by atoms with E-state index < -0.39 is 0 Å². The van der Waals surface area contributed by atoms with E-state index in [9.17, 15) is 0 Å². The van der Waals surface area contributed by atoms with E-state index in [2.05, 4.69) is 32.7 Å². The summed E-state index contributed by atoms with van der Waals surface area (Å²) in [7, 11) is 0. The molecule has 1 heterocycles. The van der Waals surface area contributed by atoms with E-state index in [-0.39, 0.29) is 0 Å². The summed E-state index contributed by atoms with van der Waals surface area (Å²) in [6.07, 6.45) is 6.91. The van der Waals surface area contributed by atoms with Crippen LogP contribution in [-0.2, 0) is 6.54 Å². The third-order valence-electron chi connectivity index (χ3n) is 5.24. The molecule has 1 aromatic heterocycles. The number of rotatable bonds is 6. The van der Waals surface area contributed by atoms with Crippen LogP contribution in [0.25, 0.3) is 11.0 Å². The molecular formula is C21H24Cl2N4. The highest BCUT2D eigenvalue weighted by molar-refractivity contribution is 6.39. The predicted octanol–water partition coefficient (Wildman–Crippen LogP) is 6.28. The Kier molecular flexibility index (Phi) is 5.86. The van der Waals surface area contributed by atoms with E-state index in [0.29, 0.717) is 21.7 Å². The number of aromatic amines is 1. The molecule has 3 aromatic rings. The van der Waals surface area contributed by atoms with Gasteiger partial charge in [-0.1, -0.05) is 54.6 Å². The zero-order valence-corrected chi connectivity index (χ0v) is 16.7. The molecule has 1 aliphatic rings. The van der Waals surface area contributed by atoms with Crippen LogP contribution in [-0.4, -0.2) is 16.5 Å². The summed E-state index contributed by atoms with van der Waals surface area (Å²) in [6.45, 7) is 1.99. The monoisotopic (exact) mass is 402 g/mol. The van der Waals surface area contributed by atoms with Crippen molar-refractivity contribution in [2.24, 2.45) is 5.92 Å². The lowest BCUT2D eigenvalue weighted by molar-refractivity contribution is 0.342. The van der Waals surface area contributed by atoms with Crippen molar-refractivity contribution < 1.29 is 0 Å². The summed E-state index contributed by atoms with van der Waals surface area (Å²) in [5, 5.41) is 7.93. The number of benzene rings is 2. The van der Waals surface area contributed by atoms with E-state index in [1.54, 1.807) is 12.1 Å². The van der Waals surface area contributed by atoms with Crippen molar-refractivity contribution in [1.29, 1.82) is 0 Å². The number of fused-ring (bicyclic) bond motifs is 1. The first kappa shape index (κ1) is 18.6.